The molecular formula is C20H19N5O. The summed E-state index contributed by atoms with van der Waals surface area (Å²) in [6.07, 6.45) is 6.01. The van der Waals surface area contributed by atoms with Crippen molar-refractivity contribution in [2.75, 3.05) is 4.90 Å². The Bertz CT molecular complexity index is 928. The molecule has 0 spiro atoms. The highest BCUT2D eigenvalue weighted by Gasteiger charge is 2.29. The van der Waals surface area contributed by atoms with Crippen molar-refractivity contribution in [1.82, 2.24) is 20.3 Å². The summed E-state index contributed by atoms with van der Waals surface area (Å²) in [7, 11) is 0. The molecule has 130 valence electrons. The van der Waals surface area contributed by atoms with Gasteiger partial charge in [-0.3, -0.25) is 9.78 Å². The average molecular weight is 345 g/mol. The summed E-state index contributed by atoms with van der Waals surface area (Å²) in [4.78, 5) is 27.5. The number of nitrogens with one attached hydrogen (secondary N) is 1. The maximum absolute atomic E-state index is 12.5. The first-order valence-electron chi connectivity index (χ1n) is 8.59. The molecule has 0 bridgehead atoms. The van der Waals surface area contributed by atoms with E-state index in [1.54, 1.807) is 24.7 Å². The van der Waals surface area contributed by atoms with Crippen molar-refractivity contribution in [3.63, 3.8) is 0 Å². The fourth-order valence-corrected chi connectivity index (χ4v) is 3.24. The molecule has 1 amide bonds. The van der Waals surface area contributed by atoms with Gasteiger partial charge in [0, 0.05) is 36.9 Å². The van der Waals surface area contributed by atoms with Gasteiger partial charge in [-0.25, -0.2) is 9.97 Å². The molecule has 2 aromatic heterocycles. The molecule has 26 heavy (non-hydrogen) atoms. The lowest BCUT2D eigenvalue weighted by molar-refractivity contribution is 0.0946. The van der Waals surface area contributed by atoms with Gasteiger partial charge in [0.2, 0.25) is 5.95 Å². The Morgan fingerprint density at radius 1 is 1.19 bits per heavy atom. The second kappa shape index (κ2) is 6.92. The summed E-state index contributed by atoms with van der Waals surface area (Å²) in [6, 6.07) is 13.9. The van der Waals surface area contributed by atoms with Crippen molar-refractivity contribution in [1.29, 1.82) is 0 Å². The van der Waals surface area contributed by atoms with Crippen LogP contribution in [0.5, 0.6) is 0 Å². The Balaban J connectivity index is 1.54. The fraction of sp³-hybridized carbons (Fsp3) is 0.200. The maximum Gasteiger partial charge on any atom is 0.270 e. The highest BCUT2D eigenvalue weighted by molar-refractivity contribution is 5.92. The number of para-hydroxylation sites is 1. The molecular weight excluding hydrogens is 326 g/mol. The minimum Gasteiger partial charge on any atom is -0.347 e. The predicted octanol–water partition coefficient (Wildman–Crippen LogP) is 2.88. The Morgan fingerprint density at radius 3 is 2.92 bits per heavy atom. The fourth-order valence-electron chi connectivity index (χ4n) is 3.24. The normalized spacial score (nSPS) is 15.6. The minimum absolute atomic E-state index is 0.224. The Kier molecular flexibility index (Phi) is 4.31. The molecule has 0 aliphatic carbocycles. The van der Waals surface area contributed by atoms with Crippen LogP contribution in [-0.2, 0) is 13.0 Å². The highest BCUT2D eigenvalue weighted by Crippen LogP contribution is 2.36. The molecule has 0 saturated heterocycles. The lowest BCUT2D eigenvalue weighted by Gasteiger charge is -2.22. The molecule has 6 heteroatoms. The first-order chi connectivity index (χ1) is 12.7. The summed E-state index contributed by atoms with van der Waals surface area (Å²) in [5, 5.41) is 2.88. The van der Waals surface area contributed by atoms with Crippen molar-refractivity contribution >= 4 is 17.5 Å². The number of amides is 1. The number of carbonyl (C=O) groups excluding carboxylic acids is 1. The molecule has 1 unspecified atom stereocenters. The Hall–Kier alpha value is -3.28. The number of anilines is 2. The number of hydrogen-bond donors (Lipinski definition) is 1. The summed E-state index contributed by atoms with van der Waals surface area (Å²) in [5.74, 6) is 0.328. The SMILES string of the molecule is CC1Cc2ccccc2N1c1nccc(C(=O)NCc2cccnc2)n1. The number of fused-ring (bicyclic) bond motifs is 1. The number of rotatable bonds is 4. The number of nitrogens with zero attached hydrogens (tertiary/aromatic N) is 4. The maximum atomic E-state index is 12.5. The third-order valence-electron chi connectivity index (χ3n) is 4.47. The molecule has 3 heterocycles. The summed E-state index contributed by atoms with van der Waals surface area (Å²) < 4.78 is 0. The number of carbonyl (C=O) groups is 1. The largest absolute Gasteiger partial charge is 0.347 e. The lowest BCUT2D eigenvalue weighted by Crippen LogP contribution is -2.28. The van der Waals surface area contributed by atoms with Crippen molar-refractivity contribution in [2.24, 2.45) is 0 Å². The van der Waals surface area contributed by atoms with Gasteiger partial charge in [-0.15, -0.1) is 0 Å². The molecule has 4 rings (SSSR count). The average Bonchev–Trinajstić information content (AvgIpc) is 3.02. The lowest BCUT2D eigenvalue weighted by atomic mass is 10.1. The molecule has 6 nitrogen and oxygen atoms in total. The van der Waals surface area contributed by atoms with Gasteiger partial charge in [0.1, 0.15) is 5.69 Å². The van der Waals surface area contributed by atoms with Gasteiger partial charge < -0.3 is 10.2 Å². The molecule has 3 aromatic rings. The highest BCUT2D eigenvalue weighted by atomic mass is 16.1. The minimum atomic E-state index is -0.224. The van der Waals surface area contributed by atoms with E-state index in [2.05, 4.69) is 44.2 Å². The van der Waals surface area contributed by atoms with Crippen LogP contribution in [0.1, 0.15) is 28.5 Å². The zero-order valence-corrected chi connectivity index (χ0v) is 14.5. The van der Waals surface area contributed by atoms with Crippen LogP contribution < -0.4 is 10.2 Å². The summed E-state index contributed by atoms with van der Waals surface area (Å²) in [5.41, 5.74) is 3.68. The van der Waals surface area contributed by atoms with Crippen molar-refractivity contribution in [3.8, 4) is 0 Å². The van der Waals surface area contributed by atoms with Crippen LogP contribution in [0.25, 0.3) is 0 Å². The second-order valence-electron chi connectivity index (χ2n) is 6.34. The Morgan fingerprint density at radius 2 is 2.08 bits per heavy atom. The van der Waals surface area contributed by atoms with E-state index in [4.69, 9.17) is 0 Å². The van der Waals surface area contributed by atoms with E-state index in [1.807, 2.05) is 24.3 Å². The van der Waals surface area contributed by atoms with Gasteiger partial charge in [-0.05, 0) is 42.7 Å². The van der Waals surface area contributed by atoms with Crippen molar-refractivity contribution in [2.45, 2.75) is 25.9 Å². The molecule has 0 saturated carbocycles. The second-order valence-corrected chi connectivity index (χ2v) is 6.34. The quantitative estimate of drug-likeness (QED) is 0.787. The van der Waals surface area contributed by atoms with Gasteiger partial charge in [0.25, 0.3) is 5.91 Å². The van der Waals surface area contributed by atoms with Crippen LogP contribution in [0, 0.1) is 0 Å². The van der Waals surface area contributed by atoms with Crippen LogP contribution in [0.4, 0.5) is 11.6 Å². The van der Waals surface area contributed by atoms with E-state index in [-0.39, 0.29) is 11.9 Å². The predicted molar refractivity (Wildman–Crippen MR) is 99.2 cm³/mol. The van der Waals surface area contributed by atoms with E-state index >= 15 is 0 Å². The molecule has 0 fully saturated rings. The number of hydrogen-bond acceptors (Lipinski definition) is 5. The van der Waals surface area contributed by atoms with E-state index in [1.165, 1.54) is 5.56 Å². The van der Waals surface area contributed by atoms with Gasteiger partial charge in [-0.1, -0.05) is 24.3 Å². The summed E-state index contributed by atoms with van der Waals surface area (Å²) >= 11 is 0. The summed E-state index contributed by atoms with van der Waals surface area (Å²) in [6.45, 7) is 2.55. The zero-order valence-electron chi connectivity index (χ0n) is 14.5. The van der Waals surface area contributed by atoms with Gasteiger partial charge in [0.05, 0.1) is 0 Å². The van der Waals surface area contributed by atoms with Gasteiger partial charge >= 0.3 is 0 Å². The first-order valence-corrected chi connectivity index (χ1v) is 8.59. The first kappa shape index (κ1) is 16.2. The molecule has 0 radical (unpaired) electrons. The van der Waals surface area contributed by atoms with E-state index < -0.39 is 0 Å². The van der Waals surface area contributed by atoms with E-state index in [0.717, 1.165) is 17.7 Å². The molecule has 1 aliphatic heterocycles. The van der Waals surface area contributed by atoms with Crippen LogP contribution in [0.3, 0.4) is 0 Å². The van der Waals surface area contributed by atoms with Gasteiger partial charge in [0.15, 0.2) is 0 Å². The third kappa shape index (κ3) is 3.13. The molecule has 1 atom stereocenters. The topological polar surface area (TPSA) is 71.0 Å². The smallest absolute Gasteiger partial charge is 0.270 e. The van der Waals surface area contributed by atoms with Crippen LogP contribution >= 0.6 is 0 Å². The van der Waals surface area contributed by atoms with Crippen molar-refractivity contribution in [3.05, 3.63) is 77.9 Å². The molecule has 1 aromatic carbocycles. The van der Waals surface area contributed by atoms with E-state index in [0.29, 0.717) is 18.2 Å². The van der Waals surface area contributed by atoms with Crippen molar-refractivity contribution < 1.29 is 4.79 Å². The zero-order chi connectivity index (χ0) is 17.9. The number of aromatic nitrogens is 3. The van der Waals surface area contributed by atoms with Crippen LogP contribution in [0.15, 0.2) is 61.1 Å². The third-order valence-corrected chi connectivity index (χ3v) is 4.47. The van der Waals surface area contributed by atoms with Crippen LogP contribution in [0.2, 0.25) is 0 Å². The Labute approximate surface area is 151 Å². The van der Waals surface area contributed by atoms with E-state index in [9.17, 15) is 4.79 Å². The molecule has 1 aliphatic rings. The van der Waals surface area contributed by atoms with Crippen LogP contribution in [-0.4, -0.2) is 26.9 Å². The standard InChI is InChI=1S/C20H19N5O/c1-14-11-16-6-2-3-7-18(16)25(14)20-22-10-8-17(24-20)19(26)23-13-15-5-4-9-21-12-15/h2-10,12,14H,11,13H2,1H3,(H,23,26). The monoisotopic (exact) mass is 345 g/mol. The van der Waals surface area contributed by atoms with Gasteiger partial charge in [-0.2, -0.15) is 0 Å². The number of pyridine rings is 1. The molecule has 1 N–H and O–H groups in total. The number of benzene rings is 1.